The lowest BCUT2D eigenvalue weighted by molar-refractivity contribution is 0.0515. The van der Waals surface area contributed by atoms with Crippen LogP contribution in [0.1, 0.15) is 46.5 Å². The van der Waals surface area contributed by atoms with E-state index in [1.165, 1.54) is 0 Å². The molecule has 4 rings (SSSR count). The Balaban J connectivity index is 1.37. The van der Waals surface area contributed by atoms with Gasteiger partial charge in [0.15, 0.2) is 0 Å². The summed E-state index contributed by atoms with van der Waals surface area (Å²) in [6, 6.07) is 15.8. The quantitative estimate of drug-likeness (QED) is 0.371. The third-order valence-corrected chi connectivity index (χ3v) is 6.08. The Morgan fingerprint density at radius 1 is 1.03 bits per heavy atom. The minimum absolute atomic E-state index is 0.294. The average Bonchev–Trinajstić information content (AvgIpc) is 2.79. The molecule has 1 aromatic heterocycles. The molecule has 1 fully saturated rings. The molecule has 2 aromatic carbocycles. The summed E-state index contributed by atoms with van der Waals surface area (Å²) in [5.41, 5.74) is 1.32. The van der Waals surface area contributed by atoms with Gasteiger partial charge in [0.05, 0.1) is 5.52 Å². The van der Waals surface area contributed by atoms with E-state index in [4.69, 9.17) is 26.3 Å². The highest BCUT2D eigenvalue weighted by Gasteiger charge is 2.23. The topological polar surface area (TPSA) is 88.2 Å². The molecule has 0 saturated heterocycles. The highest BCUT2D eigenvalue weighted by atomic mass is 35.5. The second-order valence-corrected chi connectivity index (χ2v) is 10.2. The average molecular weight is 482 g/mol. The summed E-state index contributed by atoms with van der Waals surface area (Å²) >= 11 is 6.02. The van der Waals surface area contributed by atoms with Gasteiger partial charge in [0.2, 0.25) is 5.95 Å². The first-order chi connectivity index (χ1) is 16.2. The van der Waals surface area contributed by atoms with Gasteiger partial charge in [0.1, 0.15) is 11.4 Å². The molecule has 0 atom stereocenters. The van der Waals surface area contributed by atoms with Crippen molar-refractivity contribution in [3.05, 3.63) is 53.6 Å². The van der Waals surface area contributed by atoms with Gasteiger partial charge < -0.3 is 20.7 Å². The Morgan fingerprint density at radius 2 is 1.74 bits per heavy atom. The molecule has 1 saturated carbocycles. The summed E-state index contributed by atoms with van der Waals surface area (Å²) in [6.07, 6.45) is 3.69. The first kappa shape index (κ1) is 24.1. The van der Waals surface area contributed by atoms with Crippen LogP contribution in [0.15, 0.2) is 48.5 Å². The molecular weight excluding hydrogens is 450 g/mol. The van der Waals surface area contributed by atoms with Gasteiger partial charge in [-0.1, -0.05) is 23.7 Å². The van der Waals surface area contributed by atoms with Crippen molar-refractivity contribution < 1.29 is 9.53 Å². The van der Waals surface area contributed by atoms with Crippen molar-refractivity contribution in [2.75, 3.05) is 17.2 Å². The number of para-hydroxylation sites is 1. The smallest absolute Gasteiger partial charge is 0.407 e. The van der Waals surface area contributed by atoms with Crippen molar-refractivity contribution >= 4 is 46.1 Å². The van der Waals surface area contributed by atoms with Gasteiger partial charge in [0.25, 0.3) is 0 Å². The van der Waals surface area contributed by atoms with Gasteiger partial charge in [-0.25, -0.2) is 9.78 Å². The van der Waals surface area contributed by atoms with Crippen LogP contribution >= 0.6 is 11.6 Å². The van der Waals surface area contributed by atoms with Gasteiger partial charge in [-0.2, -0.15) is 4.98 Å². The van der Waals surface area contributed by atoms with Crippen LogP contribution in [-0.2, 0) is 4.74 Å². The molecular formula is C26H32ClN5O2. The molecule has 180 valence electrons. The largest absolute Gasteiger partial charge is 0.444 e. The zero-order valence-electron chi connectivity index (χ0n) is 19.9. The second kappa shape index (κ2) is 10.5. The predicted molar refractivity (Wildman–Crippen MR) is 138 cm³/mol. The number of benzene rings is 2. The van der Waals surface area contributed by atoms with Crippen LogP contribution in [0, 0.1) is 5.92 Å². The number of fused-ring (bicyclic) bond motifs is 1. The summed E-state index contributed by atoms with van der Waals surface area (Å²) < 4.78 is 5.33. The molecule has 1 aliphatic rings. The molecule has 1 heterocycles. The number of hydrogen-bond acceptors (Lipinski definition) is 6. The predicted octanol–water partition coefficient (Wildman–Crippen LogP) is 6.52. The molecule has 0 unspecified atom stereocenters. The second-order valence-electron chi connectivity index (χ2n) is 9.79. The van der Waals surface area contributed by atoms with Gasteiger partial charge >= 0.3 is 6.09 Å². The summed E-state index contributed by atoms with van der Waals surface area (Å²) in [5, 5.41) is 11.5. The maximum atomic E-state index is 11.9. The zero-order valence-corrected chi connectivity index (χ0v) is 20.7. The fraction of sp³-hybridized carbons (Fsp3) is 0.423. The van der Waals surface area contributed by atoms with Crippen LogP contribution in [0.2, 0.25) is 5.02 Å². The Morgan fingerprint density at radius 3 is 2.44 bits per heavy atom. The standard InChI is InChI=1S/C26H32ClN5O2/c1-26(2,3)34-25(33)28-16-17-8-12-20(13-9-17)30-24-31-22-7-5-4-6-21(22)23(32-24)29-19-14-10-18(27)11-15-19/h4-7,10-11,14-15,17,20H,8-9,12-13,16H2,1-3H3,(H,28,33)(H2,29,30,31,32). The number of anilines is 3. The number of hydrogen-bond donors (Lipinski definition) is 3. The lowest BCUT2D eigenvalue weighted by atomic mass is 9.86. The number of alkyl carbamates (subject to hydrolysis) is 1. The van der Waals surface area contributed by atoms with Gasteiger partial charge in [-0.05, 0) is 88.8 Å². The van der Waals surface area contributed by atoms with E-state index in [1.807, 2.05) is 69.3 Å². The van der Waals surface area contributed by atoms with Gasteiger partial charge in [0, 0.05) is 28.7 Å². The number of nitrogens with zero attached hydrogens (tertiary/aromatic N) is 2. The number of carbonyl (C=O) groups excluding carboxylic acids is 1. The normalized spacial score (nSPS) is 18.4. The van der Waals surface area contributed by atoms with E-state index in [-0.39, 0.29) is 6.09 Å². The van der Waals surface area contributed by atoms with E-state index >= 15 is 0 Å². The van der Waals surface area contributed by atoms with Crippen LogP contribution in [0.5, 0.6) is 0 Å². The highest BCUT2D eigenvalue weighted by molar-refractivity contribution is 6.30. The molecule has 1 aliphatic carbocycles. The molecule has 3 aromatic rings. The molecule has 34 heavy (non-hydrogen) atoms. The van der Waals surface area contributed by atoms with E-state index in [1.54, 1.807) is 0 Å². The van der Waals surface area contributed by atoms with Crippen molar-refractivity contribution in [1.29, 1.82) is 0 Å². The van der Waals surface area contributed by atoms with E-state index in [2.05, 4.69) is 16.0 Å². The first-order valence-corrected chi connectivity index (χ1v) is 12.2. The zero-order chi connectivity index (χ0) is 24.1. The van der Waals surface area contributed by atoms with Crippen molar-refractivity contribution in [2.24, 2.45) is 5.92 Å². The van der Waals surface area contributed by atoms with E-state index in [9.17, 15) is 4.79 Å². The van der Waals surface area contributed by atoms with Gasteiger partial charge in [-0.3, -0.25) is 0 Å². The molecule has 0 spiro atoms. The minimum atomic E-state index is -0.479. The Bertz CT molecular complexity index is 1120. The van der Waals surface area contributed by atoms with Crippen LogP contribution in [0.3, 0.4) is 0 Å². The number of nitrogens with one attached hydrogen (secondary N) is 3. The number of ether oxygens (including phenoxy) is 1. The molecule has 3 N–H and O–H groups in total. The third-order valence-electron chi connectivity index (χ3n) is 5.82. The van der Waals surface area contributed by atoms with Crippen molar-refractivity contribution in [3.8, 4) is 0 Å². The maximum Gasteiger partial charge on any atom is 0.407 e. The number of carbonyl (C=O) groups is 1. The van der Waals surface area contributed by atoms with Crippen molar-refractivity contribution in [1.82, 2.24) is 15.3 Å². The number of aromatic nitrogens is 2. The first-order valence-electron chi connectivity index (χ1n) is 11.8. The minimum Gasteiger partial charge on any atom is -0.444 e. The lowest BCUT2D eigenvalue weighted by Gasteiger charge is -2.29. The van der Waals surface area contributed by atoms with Crippen molar-refractivity contribution in [3.63, 3.8) is 0 Å². The van der Waals surface area contributed by atoms with Crippen LogP contribution in [-0.4, -0.2) is 34.2 Å². The fourth-order valence-electron chi connectivity index (χ4n) is 4.14. The molecule has 7 nitrogen and oxygen atoms in total. The monoisotopic (exact) mass is 481 g/mol. The Hall–Kier alpha value is -3.06. The number of halogens is 1. The SMILES string of the molecule is CC(C)(C)OC(=O)NCC1CCC(Nc2nc(Nc3ccc(Cl)cc3)c3ccccc3n2)CC1. The highest BCUT2D eigenvalue weighted by Crippen LogP contribution is 2.29. The van der Waals surface area contributed by atoms with Crippen LogP contribution < -0.4 is 16.0 Å². The summed E-state index contributed by atoms with van der Waals surface area (Å²) in [4.78, 5) is 21.4. The Kier molecular flexibility index (Phi) is 7.41. The molecule has 0 bridgehead atoms. The molecule has 1 amide bonds. The van der Waals surface area contributed by atoms with E-state index in [0.717, 1.165) is 48.1 Å². The third kappa shape index (κ3) is 6.73. The Labute approximate surface area is 205 Å². The fourth-order valence-corrected chi connectivity index (χ4v) is 4.27. The molecule has 0 radical (unpaired) electrons. The number of rotatable bonds is 6. The van der Waals surface area contributed by atoms with Crippen molar-refractivity contribution in [2.45, 2.75) is 58.1 Å². The van der Waals surface area contributed by atoms with Crippen LogP contribution in [0.4, 0.5) is 22.2 Å². The van der Waals surface area contributed by atoms with Crippen LogP contribution in [0.25, 0.3) is 10.9 Å². The number of amides is 1. The summed E-state index contributed by atoms with van der Waals surface area (Å²) in [5.74, 6) is 1.82. The molecule has 0 aliphatic heterocycles. The molecule has 8 heteroatoms. The summed E-state index contributed by atoms with van der Waals surface area (Å²) in [6.45, 7) is 6.25. The van der Waals surface area contributed by atoms with Gasteiger partial charge in [-0.15, -0.1) is 0 Å². The lowest BCUT2D eigenvalue weighted by Crippen LogP contribution is -2.37. The summed E-state index contributed by atoms with van der Waals surface area (Å²) in [7, 11) is 0. The van der Waals surface area contributed by atoms with E-state index in [0.29, 0.717) is 29.5 Å². The maximum absolute atomic E-state index is 11.9. The van der Waals surface area contributed by atoms with E-state index < -0.39 is 5.60 Å².